The second-order valence-corrected chi connectivity index (χ2v) is 4.33. The molecule has 0 heterocycles. The van der Waals surface area contributed by atoms with Crippen molar-refractivity contribution in [1.82, 2.24) is 0 Å². The van der Waals surface area contributed by atoms with Gasteiger partial charge in [0.15, 0.2) is 0 Å². The number of nitrogens with one attached hydrogen (secondary N) is 1. The first-order valence-corrected chi connectivity index (χ1v) is 6.27. The smallest absolute Gasteiger partial charge is 0.0717 e. The molecule has 0 saturated carbocycles. The minimum absolute atomic E-state index is 0.677. The molecule has 2 aromatic rings. The highest BCUT2D eigenvalue weighted by atomic mass is 16.5. The molecule has 0 aliphatic rings. The summed E-state index contributed by atoms with van der Waals surface area (Å²) in [6.07, 6.45) is 0. The van der Waals surface area contributed by atoms with Gasteiger partial charge in [0, 0.05) is 12.2 Å². The Morgan fingerprint density at radius 3 is 2.39 bits per heavy atom. The van der Waals surface area contributed by atoms with E-state index in [0.29, 0.717) is 13.2 Å². The Morgan fingerprint density at radius 2 is 1.67 bits per heavy atom. The van der Waals surface area contributed by atoms with Crippen molar-refractivity contribution >= 4 is 5.69 Å². The van der Waals surface area contributed by atoms with Crippen LogP contribution < -0.4 is 5.32 Å². The van der Waals surface area contributed by atoms with E-state index in [9.17, 15) is 0 Å². The molecule has 0 unspecified atom stereocenters. The minimum atomic E-state index is 0.677. The molecule has 0 radical (unpaired) electrons. The van der Waals surface area contributed by atoms with Crippen molar-refractivity contribution in [2.45, 2.75) is 13.5 Å². The zero-order valence-electron chi connectivity index (χ0n) is 10.7. The van der Waals surface area contributed by atoms with Crippen LogP contribution >= 0.6 is 0 Å². The van der Waals surface area contributed by atoms with Crippen LogP contribution in [0, 0.1) is 6.92 Å². The van der Waals surface area contributed by atoms with Crippen LogP contribution in [0.5, 0.6) is 0 Å². The summed E-state index contributed by atoms with van der Waals surface area (Å²) in [5, 5.41) is 3.33. The van der Waals surface area contributed by atoms with Crippen LogP contribution in [0.25, 0.3) is 0 Å². The lowest BCUT2D eigenvalue weighted by atomic mass is 10.2. The van der Waals surface area contributed by atoms with Gasteiger partial charge in [-0.2, -0.15) is 0 Å². The number of rotatable bonds is 6. The summed E-state index contributed by atoms with van der Waals surface area (Å²) < 4.78 is 5.60. The van der Waals surface area contributed by atoms with Crippen LogP contribution in [0.3, 0.4) is 0 Å². The van der Waals surface area contributed by atoms with Crippen molar-refractivity contribution in [1.29, 1.82) is 0 Å². The second kappa shape index (κ2) is 6.82. The Balaban J connectivity index is 1.63. The molecule has 18 heavy (non-hydrogen) atoms. The summed E-state index contributed by atoms with van der Waals surface area (Å²) in [6, 6.07) is 18.6. The van der Waals surface area contributed by atoms with Crippen LogP contribution in [0.4, 0.5) is 5.69 Å². The minimum Gasteiger partial charge on any atom is -0.383 e. The molecule has 0 atom stereocenters. The average molecular weight is 241 g/mol. The molecule has 0 fully saturated rings. The predicted molar refractivity (Wildman–Crippen MR) is 75.8 cm³/mol. The zero-order valence-corrected chi connectivity index (χ0v) is 10.7. The molecule has 0 aromatic heterocycles. The van der Waals surface area contributed by atoms with Gasteiger partial charge in [0.25, 0.3) is 0 Å². The third-order valence-electron chi connectivity index (χ3n) is 2.74. The number of benzene rings is 2. The average Bonchev–Trinajstić information content (AvgIpc) is 2.42. The highest BCUT2D eigenvalue weighted by Crippen LogP contribution is 2.08. The molecule has 2 rings (SSSR count). The van der Waals surface area contributed by atoms with Gasteiger partial charge < -0.3 is 10.1 Å². The maximum absolute atomic E-state index is 5.60. The van der Waals surface area contributed by atoms with Gasteiger partial charge in [-0.3, -0.25) is 0 Å². The Labute approximate surface area is 109 Å². The van der Waals surface area contributed by atoms with Crippen molar-refractivity contribution in [3.8, 4) is 0 Å². The number of hydrogen-bond donors (Lipinski definition) is 1. The second-order valence-electron chi connectivity index (χ2n) is 4.33. The quantitative estimate of drug-likeness (QED) is 0.780. The first-order chi connectivity index (χ1) is 8.84. The van der Waals surface area contributed by atoms with Crippen LogP contribution in [0.15, 0.2) is 54.6 Å². The van der Waals surface area contributed by atoms with E-state index in [4.69, 9.17) is 4.74 Å². The molecule has 0 amide bonds. The molecule has 2 nitrogen and oxygen atoms in total. The van der Waals surface area contributed by atoms with E-state index in [1.165, 1.54) is 11.1 Å². The monoisotopic (exact) mass is 241 g/mol. The molecule has 94 valence electrons. The molecule has 2 aromatic carbocycles. The summed E-state index contributed by atoms with van der Waals surface area (Å²) in [5.41, 5.74) is 3.64. The van der Waals surface area contributed by atoms with Gasteiger partial charge in [-0.1, -0.05) is 48.0 Å². The predicted octanol–water partition coefficient (Wildman–Crippen LogP) is 3.62. The molecule has 2 heteroatoms. The normalized spacial score (nSPS) is 10.3. The third-order valence-corrected chi connectivity index (χ3v) is 2.74. The van der Waals surface area contributed by atoms with Crippen molar-refractivity contribution in [2.75, 3.05) is 18.5 Å². The summed E-state index contributed by atoms with van der Waals surface area (Å²) >= 11 is 0. The lowest BCUT2D eigenvalue weighted by molar-refractivity contribution is 0.130. The maximum Gasteiger partial charge on any atom is 0.0717 e. The van der Waals surface area contributed by atoms with Crippen molar-refractivity contribution in [2.24, 2.45) is 0 Å². The topological polar surface area (TPSA) is 21.3 Å². The van der Waals surface area contributed by atoms with Crippen molar-refractivity contribution in [3.63, 3.8) is 0 Å². The van der Waals surface area contributed by atoms with Crippen LogP contribution in [0.1, 0.15) is 11.1 Å². The summed E-state index contributed by atoms with van der Waals surface area (Å²) in [6.45, 7) is 4.31. The Bertz CT molecular complexity index is 450. The van der Waals surface area contributed by atoms with E-state index < -0.39 is 0 Å². The number of hydrogen-bond acceptors (Lipinski definition) is 2. The van der Waals surface area contributed by atoms with E-state index in [2.05, 4.69) is 48.6 Å². The fourth-order valence-corrected chi connectivity index (χ4v) is 1.70. The highest BCUT2D eigenvalue weighted by Gasteiger charge is 1.93. The van der Waals surface area contributed by atoms with E-state index >= 15 is 0 Å². The molecule has 0 saturated heterocycles. The zero-order chi connectivity index (χ0) is 12.6. The standard InChI is InChI=1S/C16H19NO/c1-14-7-9-16(10-8-14)17-11-12-18-13-15-5-3-2-4-6-15/h2-10,17H,11-13H2,1H3. The summed E-state index contributed by atoms with van der Waals surface area (Å²) in [4.78, 5) is 0. The lowest BCUT2D eigenvalue weighted by Gasteiger charge is -2.07. The van der Waals surface area contributed by atoms with Crippen molar-refractivity contribution < 1.29 is 4.74 Å². The largest absolute Gasteiger partial charge is 0.383 e. The Morgan fingerprint density at radius 1 is 0.944 bits per heavy atom. The number of ether oxygens (including phenoxy) is 1. The van der Waals surface area contributed by atoms with Gasteiger partial charge in [-0.25, -0.2) is 0 Å². The van der Waals surface area contributed by atoms with Crippen LogP contribution in [-0.4, -0.2) is 13.2 Å². The number of anilines is 1. The molecule has 0 aliphatic heterocycles. The summed E-state index contributed by atoms with van der Waals surface area (Å²) in [7, 11) is 0. The SMILES string of the molecule is Cc1ccc(NCCOCc2ccccc2)cc1. The van der Waals surface area contributed by atoms with E-state index in [1.54, 1.807) is 0 Å². The Kier molecular flexibility index (Phi) is 4.79. The lowest BCUT2D eigenvalue weighted by Crippen LogP contribution is -2.09. The van der Waals surface area contributed by atoms with Gasteiger partial charge >= 0.3 is 0 Å². The first-order valence-electron chi connectivity index (χ1n) is 6.27. The maximum atomic E-state index is 5.60. The fraction of sp³-hybridized carbons (Fsp3) is 0.250. The van der Waals surface area contributed by atoms with Crippen LogP contribution in [-0.2, 0) is 11.3 Å². The summed E-state index contributed by atoms with van der Waals surface area (Å²) in [5.74, 6) is 0. The van der Waals surface area contributed by atoms with Crippen LogP contribution in [0.2, 0.25) is 0 Å². The van der Waals surface area contributed by atoms with E-state index in [0.717, 1.165) is 12.2 Å². The van der Waals surface area contributed by atoms with Gasteiger partial charge in [-0.05, 0) is 24.6 Å². The van der Waals surface area contributed by atoms with Gasteiger partial charge in [0.1, 0.15) is 0 Å². The molecule has 0 aliphatic carbocycles. The molecular formula is C16H19NO. The van der Waals surface area contributed by atoms with E-state index in [-0.39, 0.29) is 0 Å². The van der Waals surface area contributed by atoms with Gasteiger partial charge in [0.2, 0.25) is 0 Å². The molecule has 0 bridgehead atoms. The fourth-order valence-electron chi connectivity index (χ4n) is 1.70. The van der Waals surface area contributed by atoms with E-state index in [1.807, 2.05) is 18.2 Å². The first kappa shape index (κ1) is 12.7. The third kappa shape index (κ3) is 4.22. The highest BCUT2D eigenvalue weighted by molar-refractivity contribution is 5.44. The molecular weight excluding hydrogens is 222 g/mol. The molecule has 0 spiro atoms. The molecule has 1 N–H and O–H groups in total. The number of aryl methyl sites for hydroxylation is 1. The van der Waals surface area contributed by atoms with Crippen molar-refractivity contribution in [3.05, 3.63) is 65.7 Å². The van der Waals surface area contributed by atoms with Gasteiger partial charge in [-0.15, -0.1) is 0 Å². The van der Waals surface area contributed by atoms with Gasteiger partial charge in [0.05, 0.1) is 13.2 Å². The Hall–Kier alpha value is -1.80.